The Morgan fingerprint density at radius 1 is 1.19 bits per heavy atom. The highest BCUT2D eigenvalue weighted by molar-refractivity contribution is 9.10. The van der Waals surface area contributed by atoms with E-state index in [1.807, 2.05) is 0 Å². The molecule has 16 heavy (non-hydrogen) atoms. The molecule has 1 aliphatic rings. The van der Waals surface area contributed by atoms with Crippen LogP contribution in [0.1, 0.15) is 24.4 Å². The summed E-state index contributed by atoms with van der Waals surface area (Å²) >= 11 is 3.52. The average molecular weight is 276 g/mol. The maximum Gasteiger partial charge on any atom is 0.0326 e. The monoisotopic (exact) mass is 275 g/mol. The van der Waals surface area contributed by atoms with E-state index >= 15 is 0 Å². The fourth-order valence-electron chi connectivity index (χ4n) is 2.53. The van der Waals surface area contributed by atoms with E-state index in [9.17, 15) is 0 Å². The molecule has 2 heteroatoms. The number of hydrogen-bond acceptors (Lipinski definition) is 1. The Kier molecular flexibility index (Phi) is 2.70. The molecule has 82 valence electrons. The molecular formula is C14H14BrN. The molecule has 2 aromatic carbocycles. The third-order valence-electron chi connectivity index (χ3n) is 3.31. The van der Waals surface area contributed by atoms with Crippen LogP contribution in [-0.4, -0.2) is 6.54 Å². The van der Waals surface area contributed by atoms with E-state index in [-0.39, 0.29) is 0 Å². The Morgan fingerprint density at radius 2 is 2.12 bits per heavy atom. The first-order valence-corrected chi connectivity index (χ1v) is 6.55. The molecule has 1 unspecified atom stereocenters. The molecule has 0 saturated carbocycles. The molecule has 0 aromatic heterocycles. The second-order valence-corrected chi connectivity index (χ2v) is 5.28. The quantitative estimate of drug-likeness (QED) is 0.829. The van der Waals surface area contributed by atoms with Crippen molar-refractivity contribution in [3.05, 3.63) is 46.4 Å². The van der Waals surface area contributed by atoms with Gasteiger partial charge in [-0.05, 0) is 47.9 Å². The van der Waals surface area contributed by atoms with Crippen molar-refractivity contribution in [3.63, 3.8) is 0 Å². The molecule has 0 bridgehead atoms. The highest BCUT2D eigenvalue weighted by Crippen LogP contribution is 2.30. The van der Waals surface area contributed by atoms with Crippen LogP contribution < -0.4 is 5.32 Å². The van der Waals surface area contributed by atoms with Gasteiger partial charge in [0.25, 0.3) is 0 Å². The molecule has 1 nitrogen and oxygen atoms in total. The SMILES string of the molecule is Brc1ccc2c(C3CCCN3)cccc2c1. The van der Waals surface area contributed by atoms with Crippen molar-refractivity contribution in [1.29, 1.82) is 0 Å². The first-order chi connectivity index (χ1) is 7.84. The molecule has 0 amide bonds. The van der Waals surface area contributed by atoms with Crippen LogP contribution in [0.15, 0.2) is 40.9 Å². The van der Waals surface area contributed by atoms with Crippen LogP contribution in [0, 0.1) is 0 Å². The number of hydrogen-bond donors (Lipinski definition) is 1. The topological polar surface area (TPSA) is 12.0 Å². The van der Waals surface area contributed by atoms with Crippen LogP contribution in [-0.2, 0) is 0 Å². The predicted molar refractivity (Wildman–Crippen MR) is 71.6 cm³/mol. The lowest BCUT2D eigenvalue weighted by Gasteiger charge is -2.13. The van der Waals surface area contributed by atoms with Crippen LogP contribution in [0.2, 0.25) is 0 Å². The van der Waals surface area contributed by atoms with Gasteiger partial charge in [0, 0.05) is 10.5 Å². The van der Waals surface area contributed by atoms with Gasteiger partial charge in [0.05, 0.1) is 0 Å². The van der Waals surface area contributed by atoms with Crippen molar-refractivity contribution in [3.8, 4) is 0 Å². The summed E-state index contributed by atoms with van der Waals surface area (Å²) in [6.07, 6.45) is 2.55. The fourth-order valence-corrected chi connectivity index (χ4v) is 2.91. The lowest BCUT2D eigenvalue weighted by Crippen LogP contribution is -2.12. The second-order valence-electron chi connectivity index (χ2n) is 4.36. The van der Waals surface area contributed by atoms with Crippen LogP contribution in [0.25, 0.3) is 10.8 Å². The van der Waals surface area contributed by atoms with Gasteiger partial charge in [-0.25, -0.2) is 0 Å². The standard InChI is InChI=1S/C14H14BrN/c15-11-6-7-12-10(9-11)3-1-4-13(12)14-5-2-8-16-14/h1,3-4,6-7,9,14,16H,2,5,8H2. The summed E-state index contributed by atoms with van der Waals surface area (Å²) in [5, 5.41) is 6.27. The van der Waals surface area contributed by atoms with Crippen molar-refractivity contribution in [2.45, 2.75) is 18.9 Å². The minimum atomic E-state index is 0.546. The molecule has 1 aliphatic heterocycles. The maximum absolute atomic E-state index is 3.57. The molecule has 0 spiro atoms. The number of rotatable bonds is 1. The van der Waals surface area contributed by atoms with Crippen molar-refractivity contribution in [1.82, 2.24) is 5.32 Å². The van der Waals surface area contributed by atoms with Gasteiger partial charge in [-0.1, -0.05) is 40.2 Å². The van der Waals surface area contributed by atoms with E-state index in [1.165, 1.54) is 29.2 Å². The van der Waals surface area contributed by atoms with Gasteiger partial charge in [-0.15, -0.1) is 0 Å². The van der Waals surface area contributed by atoms with Crippen LogP contribution in [0.3, 0.4) is 0 Å². The highest BCUT2D eigenvalue weighted by atomic mass is 79.9. The Hall–Kier alpha value is -0.860. The minimum absolute atomic E-state index is 0.546. The Morgan fingerprint density at radius 3 is 2.94 bits per heavy atom. The molecule has 2 aromatic rings. The molecule has 1 heterocycles. The van der Waals surface area contributed by atoms with Gasteiger partial charge in [0.15, 0.2) is 0 Å². The largest absolute Gasteiger partial charge is 0.310 e. The summed E-state index contributed by atoms with van der Waals surface area (Å²) in [4.78, 5) is 0. The minimum Gasteiger partial charge on any atom is -0.310 e. The van der Waals surface area contributed by atoms with Gasteiger partial charge in [0.1, 0.15) is 0 Å². The van der Waals surface area contributed by atoms with E-state index < -0.39 is 0 Å². The first-order valence-electron chi connectivity index (χ1n) is 5.76. The van der Waals surface area contributed by atoms with Gasteiger partial charge >= 0.3 is 0 Å². The third kappa shape index (κ3) is 1.76. The summed E-state index contributed by atoms with van der Waals surface area (Å²) in [5.74, 6) is 0. The number of nitrogens with one attached hydrogen (secondary N) is 1. The van der Waals surface area contributed by atoms with Gasteiger partial charge in [-0.2, -0.15) is 0 Å². The van der Waals surface area contributed by atoms with E-state index in [0.717, 1.165) is 11.0 Å². The van der Waals surface area contributed by atoms with E-state index in [2.05, 4.69) is 57.6 Å². The lowest BCUT2D eigenvalue weighted by atomic mass is 9.98. The molecule has 1 N–H and O–H groups in total. The first kappa shape index (κ1) is 10.3. The number of benzene rings is 2. The molecule has 0 radical (unpaired) electrons. The fraction of sp³-hybridized carbons (Fsp3) is 0.286. The zero-order chi connectivity index (χ0) is 11.0. The summed E-state index contributed by atoms with van der Waals surface area (Å²) in [6, 6.07) is 13.7. The lowest BCUT2D eigenvalue weighted by molar-refractivity contribution is 0.653. The average Bonchev–Trinajstić information content (AvgIpc) is 2.81. The second kappa shape index (κ2) is 4.19. The van der Waals surface area contributed by atoms with Crippen LogP contribution in [0.5, 0.6) is 0 Å². The Labute approximate surface area is 104 Å². The van der Waals surface area contributed by atoms with E-state index in [4.69, 9.17) is 0 Å². The number of halogens is 1. The van der Waals surface area contributed by atoms with E-state index in [1.54, 1.807) is 0 Å². The maximum atomic E-state index is 3.57. The zero-order valence-electron chi connectivity index (χ0n) is 9.04. The van der Waals surface area contributed by atoms with Crippen LogP contribution in [0.4, 0.5) is 0 Å². The van der Waals surface area contributed by atoms with Gasteiger partial charge < -0.3 is 5.32 Å². The Balaban J connectivity index is 2.16. The molecule has 0 aliphatic carbocycles. The molecule has 1 atom stereocenters. The van der Waals surface area contributed by atoms with Crippen molar-refractivity contribution < 1.29 is 0 Å². The third-order valence-corrected chi connectivity index (χ3v) is 3.81. The normalized spacial score (nSPS) is 20.4. The summed E-state index contributed by atoms with van der Waals surface area (Å²) in [7, 11) is 0. The molecule has 3 rings (SSSR count). The van der Waals surface area contributed by atoms with Crippen LogP contribution >= 0.6 is 15.9 Å². The summed E-state index contributed by atoms with van der Waals surface area (Å²) < 4.78 is 1.15. The molecule has 1 saturated heterocycles. The summed E-state index contributed by atoms with van der Waals surface area (Å²) in [5.41, 5.74) is 1.45. The predicted octanol–water partition coefficient (Wildman–Crippen LogP) is 4.03. The van der Waals surface area contributed by atoms with Gasteiger partial charge in [0.2, 0.25) is 0 Å². The molecule has 1 fully saturated rings. The summed E-state index contributed by atoms with van der Waals surface area (Å²) in [6.45, 7) is 1.15. The van der Waals surface area contributed by atoms with Crippen molar-refractivity contribution in [2.75, 3.05) is 6.54 Å². The smallest absolute Gasteiger partial charge is 0.0326 e. The van der Waals surface area contributed by atoms with Crippen molar-refractivity contribution >= 4 is 26.7 Å². The van der Waals surface area contributed by atoms with E-state index in [0.29, 0.717) is 6.04 Å². The zero-order valence-corrected chi connectivity index (χ0v) is 10.6. The Bertz CT molecular complexity index is 515. The van der Waals surface area contributed by atoms with Gasteiger partial charge in [-0.3, -0.25) is 0 Å². The van der Waals surface area contributed by atoms with Crippen molar-refractivity contribution in [2.24, 2.45) is 0 Å². The number of fused-ring (bicyclic) bond motifs is 1. The molecular weight excluding hydrogens is 262 g/mol. The highest BCUT2D eigenvalue weighted by Gasteiger charge is 2.17.